The fourth-order valence-electron chi connectivity index (χ4n) is 1.85. The molecule has 1 atom stereocenters. The number of rotatable bonds is 2. The van der Waals surface area contributed by atoms with Gasteiger partial charge in [0.2, 0.25) is 0 Å². The van der Waals surface area contributed by atoms with Crippen molar-refractivity contribution < 1.29 is 9.53 Å². The molecule has 0 aromatic rings. The molecule has 1 saturated heterocycles. The number of carbonyl (C=O) groups excluding carboxylic acids is 1. The Bertz CT molecular complexity index is 259. The van der Waals surface area contributed by atoms with E-state index in [1.165, 1.54) is 0 Å². The van der Waals surface area contributed by atoms with Crippen LogP contribution >= 0.6 is 12.4 Å². The third kappa shape index (κ3) is 6.42. The van der Waals surface area contributed by atoms with Gasteiger partial charge in [-0.3, -0.25) is 4.90 Å². The number of nitrogens with zero attached hydrogens (tertiary/aromatic N) is 2. The third-order valence-corrected chi connectivity index (χ3v) is 2.57. The van der Waals surface area contributed by atoms with Crippen molar-refractivity contribution in [3.63, 3.8) is 0 Å². The lowest BCUT2D eigenvalue weighted by Crippen LogP contribution is -2.51. The molecule has 1 rings (SSSR count). The molecular formula is C12H26ClN3O2. The standard InChI is InChI=1S/C12H25N3O2.ClH/c1-10(13)9-14-5-7-15(8-6-14)11(16)17-12(2,3)4;/h10H,5-9,13H2,1-4H3;1H/t10-;/m0./s1. The fourth-order valence-corrected chi connectivity index (χ4v) is 1.85. The zero-order valence-electron chi connectivity index (χ0n) is 11.8. The third-order valence-electron chi connectivity index (χ3n) is 2.57. The Balaban J connectivity index is 0.00000289. The van der Waals surface area contributed by atoms with Gasteiger partial charge in [-0.05, 0) is 27.7 Å². The molecule has 1 aliphatic heterocycles. The molecule has 0 aromatic carbocycles. The summed E-state index contributed by atoms with van der Waals surface area (Å²) in [6, 6.07) is 0.183. The van der Waals surface area contributed by atoms with Gasteiger partial charge < -0.3 is 15.4 Å². The molecule has 0 radical (unpaired) electrons. The number of hydrogen-bond donors (Lipinski definition) is 1. The van der Waals surface area contributed by atoms with Gasteiger partial charge in [0, 0.05) is 38.8 Å². The van der Waals surface area contributed by atoms with Crippen molar-refractivity contribution in [3.05, 3.63) is 0 Å². The molecular weight excluding hydrogens is 254 g/mol. The van der Waals surface area contributed by atoms with Crippen LogP contribution in [-0.2, 0) is 4.74 Å². The van der Waals surface area contributed by atoms with Gasteiger partial charge in [0.15, 0.2) is 0 Å². The summed E-state index contributed by atoms with van der Waals surface area (Å²) in [6.45, 7) is 11.7. The smallest absolute Gasteiger partial charge is 0.410 e. The lowest BCUT2D eigenvalue weighted by molar-refractivity contribution is 0.0143. The van der Waals surface area contributed by atoms with E-state index in [9.17, 15) is 4.79 Å². The summed E-state index contributed by atoms with van der Waals surface area (Å²) in [6.07, 6.45) is -0.210. The Morgan fingerprint density at radius 2 is 1.78 bits per heavy atom. The summed E-state index contributed by atoms with van der Waals surface area (Å²) in [4.78, 5) is 15.9. The number of nitrogens with two attached hydrogens (primary N) is 1. The highest BCUT2D eigenvalue weighted by Gasteiger charge is 2.25. The number of ether oxygens (including phenoxy) is 1. The van der Waals surface area contributed by atoms with Crippen LogP contribution in [0.25, 0.3) is 0 Å². The molecule has 0 saturated carbocycles. The van der Waals surface area contributed by atoms with Crippen molar-refractivity contribution in [1.82, 2.24) is 9.80 Å². The Labute approximate surface area is 116 Å². The van der Waals surface area contributed by atoms with Crippen molar-refractivity contribution in [3.8, 4) is 0 Å². The second kappa shape index (κ2) is 7.16. The number of hydrogen-bond acceptors (Lipinski definition) is 4. The molecule has 0 aliphatic carbocycles. The Hall–Kier alpha value is -0.520. The minimum Gasteiger partial charge on any atom is -0.444 e. The molecule has 1 amide bonds. The topological polar surface area (TPSA) is 58.8 Å². The van der Waals surface area contributed by atoms with Crippen LogP contribution in [-0.4, -0.2) is 60.3 Å². The van der Waals surface area contributed by atoms with E-state index in [0.29, 0.717) is 0 Å². The lowest BCUT2D eigenvalue weighted by Gasteiger charge is -2.36. The number of carbonyl (C=O) groups is 1. The Morgan fingerprint density at radius 3 is 2.17 bits per heavy atom. The summed E-state index contributed by atoms with van der Waals surface area (Å²) >= 11 is 0. The maximum Gasteiger partial charge on any atom is 0.410 e. The van der Waals surface area contributed by atoms with Gasteiger partial charge >= 0.3 is 6.09 Å². The van der Waals surface area contributed by atoms with Gasteiger partial charge in [0.25, 0.3) is 0 Å². The van der Waals surface area contributed by atoms with E-state index in [2.05, 4.69) is 4.90 Å². The van der Waals surface area contributed by atoms with Crippen LogP contribution in [0, 0.1) is 0 Å². The predicted octanol–water partition coefficient (Wildman–Crippen LogP) is 1.31. The van der Waals surface area contributed by atoms with E-state index in [1.807, 2.05) is 27.7 Å². The summed E-state index contributed by atoms with van der Waals surface area (Å²) in [7, 11) is 0. The molecule has 1 heterocycles. The monoisotopic (exact) mass is 279 g/mol. The normalized spacial score (nSPS) is 19.1. The van der Waals surface area contributed by atoms with E-state index in [-0.39, 0.29) is 24.5 Å². The highest BCUT2D eigenvalue weighted by atomic mass is 35.5. The summed E-state index contributed by atoms with van der Waals surface area (Å²) < 4.78 is 5.34. The molecule has 1 fully saturated rings. The Kier molecular flexibility index (Phi) is 6.96. The average Bonchev–Trinajstić information content (AvgIpc) is 2.15. The van der Waals surface area contributed by atoms with Crippen molar-refractivity contribution in [1.29, 1.82) is 0 Å². The minimum atomic E-state index is -0.417. The van der Waals surface area contributed by atoms with Gasteiger partial charge in [-0.2, -0.15) is 0 Å². The summed E-state index contributed by atoms with van der Waals surface area (Å²) in [5, 5.41) is 0. The van der Waals surface area contributed by atoms with Crippen LogP contribution in [0.3, 0.4) is 0 Å². The average molecular weight is 280 g/mol. The molecule has 0 unspecified atom stereocenters. The van der Waals surface area contributed by atoms with Crippen molar-refractivity contribution >= 4 is 18.5 Å². The van der Waals surface area contributed by atoms with E-state index in [1.54, 1.807) is 4.90 Å². The van der Waals surface area contributed by atoms with Gasteiger partial charge in [-0.25, -0.2) is 4.79 Å². The van der Waals surface area contributed by atoms with Gasteiger partial charge in [0.1, 0.15) is 5.60 Å². The SMILES string of the molecule is C[C@H](N)CN1CCN(C(=O)OC(C)(C)C)CC1.Cl. The lowest BCUT2D eigenvalue weighted by atomic mass is 10.2. The molecule has 6 heteroatoms. The van der Waals surface area contributed by atoms with Crippen LogP contribution in [0.4, 0.5) is 4.79 Å². The maximum atomic E-state index is 11.8. The van der Waals surface area contributed by atoms with Crippen molar-refractivity contribution in [2.75, 3.05) is 32.7 Å². The maximum absolute atomic E-state index is 11.8. The van der Waals surface area contributed by atoms with E-state index >= 15 is 0 Å². The molecule has 0 spiro atoms. The second-order valence-corrected chi connectivity index (χ2v) is 5.75. The molecule has 2 N–H and O–H groups in total. The molecule has 18 heavy (non-hydrogen) atoms. The molecule has 1 aliphatic rings. The minimum absolute atomic E-state index is 0. The highest BCUT2D eigenvalue weighted by molar-refractivity contribution is 5.85. The van der Waals surface area contributed by atoms with Crippen molar-refractivity contribution in [2.24, 2.45) is 5.73 Å². The number of halogens is 1. The van der Waals surface area contributed by atoms with Crippen LogP contribution in [0.1, 0.15) is 27.7 Å². The second-order valence-electron chi connectivity index (χ2n) is 5.75. The van der Waals surface area contributed by atoms with Crippen LogP contribution in [0.5, 0.6) is 0 Å². The first kappa shape index (κ1) is 17.5. The molecule has 5 nitrogen and oxygen atoms in total. The largest absolute Gasteiger partial charge is 0.444 e. The quantitative estimate of drug-likeness (QED) is 0.828. The molecule has 0 aromatic heterocycles. The predicted molar refractivity (Wildman–Crippen MR) is 75.1 cm³/mol. The number of amides is 1. The van der Waals surface area contributed by atoms with Gasteiger partial charge in [-0.1, -0.05) is 0 Å². The van der Waals surface area contributed by atoms with E-state index < -0.39 is 5.60 Å². The summed E-state index contributed by atoms with van der Waals surface area (Å²) in [5.74, 6) is 0. The zero-order valence-corrected chi connectivity index (χ0v) is 12.6. The van der Waals surface area contributed by atoms with Gasteiger partial charge in [0.05, 0.1) is 0 Å². The first-order chi connectivity index (χ1) is 7.78. The zero-order chi connectivity index (χ0) is 13.1. The van der Waals surface area contributed by atoms with E-state index in [0.717, 1.165) is 32.7 Å². The number of piperazine rings is 1. The van der Waals surface area contributed by atoms with E-state index in [4.69, 9.17) is 10.5 Å². The first-order valence-corrected chi connectivity index (χ1v) is 6.24. The van der Waals surface area contributed by atoms with Crippen molar-refractivity contribution in [2.45, 2.75) is 39.3 Å². The Morgan fingerprint density at radius 1 is 1.28 bits per heavy atom. The molecule has 0 bridgehead atoms. The van der Waals surface area contributed by atoms with Crippen LogP contribution in [0.2, 0.25) is 0 Å². The summed E-state index contributed by atoms with van der Waals surface area (Å²) in [5.41, 5.74) is 5.34. The van der Waals surface area contributed by atoms with Crippen LogP contribution in [0.15, 0.2) is 0 Å². The van der Waals surface area contributed by atoms with Crippen LogP contribution < -0.4 is 5.73 Å². The molecule has 108 valence electrons. The first-order valence-electron chi connectivity index (χ1n) is 6.24. The van der Waals surface area contributed by atoms with Gasteiger partial charge in [-0.15, -0.1) is 12.4 Å². The highest BCUT2D eigenvalue weighted by Crippen LogP contribution is 2.11. The fraction of sp³-hybridized carbons (Fsp3) is 0.917.